The number of hydrogen-bond acceptors (Lipinski definition) is 4. The molecule has 3 N–H and O–H groups in total. The summed E-state index contributed by atoms with van der Waals surface area (Å²) in [6.45, 7) is 6.41. The van der Waals surface area contributed by atoms with Crippen molar-refractivity contribution >= 4 is 11.8 Å². The van der Waals surface area contributed by atoms with Gasteiger partial charge in [-0.3, -0.25) is 16.0 Å². The molecule has 1 atom stereocenters. The Kier molecular flexibility index (Phi) is 5.87. The van der Waals surface area contributed by atoms with Gasteiger partial charge >= 0.3 is 0 Å². The molecule has 0 saturated heterocycles. The largest absolute Gasteiger partial charge is 0.271 e. The molecule has 1 unspecified atom stereocenters. The molecule has 1 rings (SSSR count). The summed E-state index contributed by atoms with van der Waals surface area (Å²) in [5, 5.41) is 4.52. The Bertz CT molecular complexity index is 298. The monoisotopic (exact) mass is 242 g/mol. The van der Waals surface area contributed by atoms with E-state index in [1.54, 1.807) is 0 Å². The second kappa shape index (κ2) is 6.93. The van der Waals surface area contributed by atoms with Gasteiger partial charge in [-0.2, -0.15) is 16.9 Å². The number of nitrogens with two attached hydrogens (primary N) is 1. The molecule has 0 spiro atoms. The van der Waals surface area contributed by atoms with E-state index in [1.165, 1.54) is 0 Å². The van der Waals surface area contributed by atoms with Gasteiger partial charge in [0.2, 0.25) is 0 Å². The molecule has 0 aliphatic rings. The minimum atomic E-state index is 0.306. The molecule has 0 aliphatic carbocycles. The molecular weight excluding hydrogens is 220 g/mol. The van der Waals surface area contributed by atoms with Crippen LogP contribution in [-0.2, 0) is 6.42 Å². The molecular formula is C11H22N4S. The van der Waals surface area contributed by atoms with E-state index in [0.29, 0.717) is 12.1 Å². The lowest BCUT2D eigenvalue weighted by Gasteiger charge is -2.13. The number of hydrogen-bond donors (Lipinski definition) is 2. The fraction of sp³-hybridized carbons (Fsp3) is 0.727. The van der Waals surface area contributed by atoms with E-state index >= 15 is 0 Å². The van der Waals surface area contributed by atoms with E-state index in [9.17, 15) is 0 Å². The van der Waals surface area contributed by atoms with Crippen LogP contribution >= 0.6 is 11.8 Å². The molecule has 0 saturated carbocycles. The molecule has 1 heterocycles. The highest BCUT2D eigenvalue weighted by molar-refractivity contribution is 7.99. The van der Waals surface area contributed by atoms with Gasteiger partial charge in [0.1, 0.15) is 0 Å². The molecule has 1 aromatic heterocycles. The summed E-state index contributed by atoms with van der Waals surface area (Å²) >= 11 is 1.90. The molecule has 0 fully saturated rings. The summed E-state index contributed by atoms with van der Waals surface area (Å²) in [5.41, 5.74) is 3.96. The van der Waals surface area contributed by atoms with Crippen molar-refractivity contribution in [2.45, 2.75) is 39.3 Å². The minimum absolute atomic E-state index is 0.306. The van der Waals surface area contributed by atoms with Gasteiger partial charge in [0, 0.05) is 30.5 Å². The summed E-state index contributed by atoms with van der Waals surface area (Å²) < 4.78 is 1.98. The topological polar surface area (TPSA) is 55.9 Å². The highest BCUT2D eigenvalue weighted by atomic mass is 32.2. The van der Waals surface area contributed by atoms with Crippen molar-refractivity contribution in [3.05, 3.63) is 18.0 Å². The van der Waals surface area contributed by atoms with Crippen molar-refractivity contribution < 1.29 is 0 Å². The summed E-state index contributed by atoms with van der Waals surface area (Å²) in [6.07, 6.45) is 2.92. The maximum Gasteiger partial charge on any atom is 0.0641 e. The lowest BCUT2D eigenvalue weighted by atomic mass is 10.2. The fourth-order valence-corrected chi connectivity index (χ4v) is 2.19. The molecule has 0 aromatic carbocycles. The van der Waals surface area contributed by atoms with Crippen LogP contribution in [0.1, 0.15) is 32.5 Å². The van der Waals surface area contributed by atoms with Crippen LogP contribution < -0.4 is 11.3 Å². The zero-order valence-electron chi connectivity index (χ0n) is 10.3. The predicted octanol–water partition coefficient (Wildman–Crippen LogP) is 1.59. The Morgan fingerprint density at radius 1 is 1.56 bits per heavy atom. The summed E-state index contributed by atoms with van der Waals surface area (Å²) in [4.78, 5) is 0. The van der Waals surface area contributed by atoms with E-state index in [4.69, 9.17) is 5.84 Å². The Morgan fingerprint density at radius 3 is 2.81 bits per heavy atom. The molecule has 0 amide bonds. The van der Waals surface area contributed by atoms with E-state index in [2.05, 4.69) is 37.4 Å². The predicted molar refractivity (Wildman–Crippen MR) is 70.4 cm³/mol. The van der Waals surface area contributed by atoms with Crippen LogP contribution in [0.5, 0.6) is 0 Å². The third kappa shape index (κ3) is 4.15. The third-order valence-corrected chi connectivity index (χ3v) is 3.45. The van der Waals surface area contributed by atoms with Crippen LogP contribution in [0.3, 0.4) is 0 Å². The van der Waals surface area contributed by atoms with Gasteiger partial charge in [0.05, 0.1) is 5.69 Å². The van der Waals surface area contributed by atoms with Crippen LogP contribution in [0.4, 0.5) is 0 Å². The molecule has 0 radical (unpaired) electrons. The number of hydrazine groups is 1. The van der Waals surface area contributed by atoms with Crippen LogP contribution in [0.25, 0.3) is 0 Å². The molecule has 4 nitrogen and oxygen atoms in total. The number of aromatic nitrogens is 2. The van der Waals surface area contributed by atoms with Crippen molar-refractivity contribution in [3.8, 4) is 0 Å². The number of thioether (sulfide) groups is 1. The van der Waals surface area contributed by atoms with Gasteiger partial charge in [-0.15, -0.1) is 0 Å². The number of nitrogens with one attached hydrogen (secondary N) is 1. The molecule has 1 aromatic rings. The molecule has 16 heavy (non-hydrogen) atoms. The van der Waals surface area contributed by atoms with Gasteiger partial charge in [-0.1, -0.05) is 6.92 Å². The normalized spacial score (nSPS) is 13.3. The van der Waals surface area contributed by atoms with Gasteiger partial charge in [-0.25, -0.2) is 0 Å². The van der Waals surface area contributed by atoms with Crippen molar-refractivity contribution in [3.63, 3.8) is 0 Å². The van der Waals surface area contributed by atoms with Crippen molar-refractivity contribution in [2.75, 3.05) is 11.5 Å². The van der Waals surface area contributed by atoms with Crippen LogP contribution in [0.2, 0.25) is 0 Å². The summed E-state index contributed by atoms with van der Waals surface area (Å²) in [6, 6.07) is 2.80. The number of rotatable bonds is 7. The molecule has 92 valence electrons. The quantitative estimate of drug-likeness (QED) is 0.563. The average Bonchev–Trinajstić information content (AvgIpc) is 2.72. The Labute approximate surface area is 102 Å². The SMILES string of the molecule is CCSCC(Cc1ccn(C(C)C)n1)NN. The third-order valence-electron chi connectivity index (χ3n) is 2.41. The zero-order chi connectivity index (χ0) is 12.0. The van der Waals surface area contributed by atoms with Crippen LogP contribution in [-0.4, -0.2) is 27.3 Å². The minimum Gasteiger partial charge on any atom is -0.271 e. The Balaban J connectivity index is 2.49. The van der Waals surface area contributed by atoms with Crippen molar-refractivity contribution in [2.24, 2.45) is 5.84 Å². The van der Waals surface area contributed by atoms with Crippen LogP contribution in [0, 0.1) is 0 Å². The Morgan fingerprint density at radius 2 is 2.31 bits per heavy atom. The van der Waals surface area contributed by atoms with Gasteiger partial charge in [0.15, 0.2) is 0 Å². The van der Waals surface area contributed by atoms with Crippen molar-refractivity contribution in [1.29, 1.82) is 0 Å². The first-order valence-electron chi connectivity index (χ1n) is 5.75. The first-order valence-corrected chi connectivity index (χ1v) is 6.90. The number of nitrogens with zero attached hydrogens (tertiary/aromatic N) is 2. The lowest BCUT2D eigenvalue weighted by molar-refractivity contribution is 0.513. The van der Waals surface area contributed by atoms with E-state index in [0.717, 1.165) is 23.6 Å². The second-order valence-electron chi connectivity index (χ2n) is 4.11. The standard InChI is InChI=1S/C11H22N4S/c1-4-16-8-11(13-12)7-10-5-6-15(14-10)9(2)3/h5-6,9,11,13H,4,7-8,12H2,1-3H3. The maximum absolute atomic E-state index is 5.53. The lowest BCUT2D eigenvalue weighted by Crippen LogP contribution is -2.38. The molecule has 0 bridgehead atoms. The zero-order valence-corrected chi connectivity index (χ0v) is 11.1. The average molecular weight is 242 g/mol. The van der Waals surface area contributed by atoms with Gasteiger partial charge < -0.3 is 0 Å². The summed E-state index contributed by atoms with van der Waals surface area (Å²) in [5.74, 6) is 7.68. The van der Waals surface area contributed by atoms with E-state index in [-0.39, 0.29) is 0 Å². The Hall–Kier alpha value is -0.520. The van der Waals surface area contributed by atoms with Crippen molar-refractivity contribution in [1.82, 2.24) is 15.2 Å². The summed E-state index contributed by atoms with van der Waals surface area (Å²) in [7, 11) is 0. The van der Waals surface area contributed by atoms with Gasteiger partial charge in [-0.05, 0) is 25.7 Å². The van der Waals surface area contributed by atoms with Crippen LogP contribution in [0.15, 0.2) is 12.3 Å². The first-order chi connectivity index (χ1) is 7.67. The molecule has 0 aliphatic heterocycles. The second-order valence-corrected chi connectivity index (χ2v) is 5.43. The van der Waals surface area contributed by atoms with E-state index < -0.39 is 0 Å². The highest BCUT2D eigenvalue weighted by Gasteiger charge is 2.10. The first kappa shape index (κ1) is 13.5. The maximum atomic E-state index is 5.53. The molecule has 5 heteroatoms. The van der Waals surface area contributed by atoms with E-state index in [1.807, 2.05) is 22.6 Å². The van der Waals surface area contributed by atoms with Gasteiger partial charge in [0.25, 0.3) is 0 Å². The fourth-order valence-electron chi connectivity index (χ4n) is 1.45. The smallest absolute Gasteiger partial charge is 0.0641 e. The highest BCUT2D eigenvalue weighted by Crippen LogP contribution is 2.09.